The van der Waals surface area contributed by atoms with Gasteiger partial charge in [-0.2, -0.15) is 18.2 Å². The monoisotopic (exact) mass is 384 g/mol. The number of alkyl halides is 3. The number of hydrogen-bond donors (Lipinski definition) is 2. The largest absolute Gasteiger partial charge is 0.433 e. The van der Waals surface area contributed by atoms with Crippen molar-refractivity contribution in [1.82, 2.24) is 14.9 Å². The summed E-state index contributed by atoms with van der Waals surface area (Å²) in [6.07, 6.45) is -4.61. The van der Waals surface area contributed by atoms with Crippen LogP contribution in [0.5, 0.6) is 0 Å². The van der Waals surface area contributed by atoms with Crippen molar-refractivity contribution in [3.8, 4) is 0 Å². The SMILES string of the molecule is CN(C)CCNc1nc(NCc2ccc([N+](=O)[O-])cc2)cc(C(F)(F)F)n1. The fraction of sp³-hybridized carbons (Fsp3) is 0.375. The van der Waals surface area contributed by atoms with Crippen LogP contribution >= 0.6 is 0 Å². The topological polar surface area (TPSA) is 96.2 Å². The maximum Gasteiger partial charge on any atom is 0.433 e. The van der Waals surface area contributed by atoms with Crippen LogP contribution in [0, 0.1) is 10.1 Å². The summed E-state index contributed by atoms with van der Waals surface area (Å²) < 4.78 is 39.2. The van der Waals surface area contributed by atoms with Gasteiger partial charge in [-0.05, 0) is 19.7 Å². The molecule has 0 aliphatic rings. The molecule has 0 saturated heterocycles. The Balaban J connectivity index is 2.12. The molecule has 27 heavy (non-hydrogen) atoms. The van der Waals surface area contributed by atoms with Crippen molar-refractivity contribution in [3.63, 3.8) is 0 Å². The summed E-state index contributed by atoms with van der Waals surface area (Å²) in [5.74, 6) is -0.124. The molecule has 1 aromatic heterocycles. The lowest BCUT2D eigenvalue weighted by Crippen LogP contribution is -2.22. The number of benzene rings is 1. The van der Waals surface area contributed by atoms with Gasteiger partial charge in [0.1, 0.15) is 5.82 Å². The molecule has 0 fully saturated rings. The molecule has 0 bridgehead atoms. The molecule has 0 saturated carbocycles. The molecule has 0 amide bonds. The van der Waals surface area contributed by atoms with E-state index in [1.807, 2.05) is 19.0 Å². The number of nitro benzene ring substituents is 1. The number of likely N-dealkylation sites (N-methyl/N-ethyl adjacent to an activating group) is 1. The lowest BCUT2D eigenvalue weighted by molar-refractivity contribution is -0.384. The molecule has 1 aromatic carbocycles. The lowest BCUT2D eigenvalue weighted by atomic mass is 10.2. The maximum absolute atomic E-state index is 13.1. The van der Waals surface area contributed by atoms with Gasteiger partial charge in [0.2, 0.25) is 5.95 Å². The summed E-state index contributed by atoms with van der Waals surface area (Å²) in [7, 11) is 3.68. The number of anilines is 2. The van der Waals surface area contributed by atoms with E-state index in [-0.39, 0.29) is 24.0 Å². The van der Waals surface area contributed by atoms with Crippen LogP contribution in [0.25, 0.3) is 0 Å². The molecule has 0 atom stereocenters. The van der Waals surface area contributed by atoms with Crippen LogP contribution in [0.3, 0.4) is 0 Å². The average Bonchev–Trinajstić information content (AvgIpc) is 2.59. The molecule has 0 aliphatic carbocycles. The number of nitro groups is 1. The molecule has 2 rings (SSSR count). The predicted octanol–water partition coefficient (Wildman–Crippen LogP) is 2.99. The van der Waals surface area contributed by atoms with Gasteiger partial charge in [-0.15, -0.1) is 0 Å². The summed E-state index contributed by atoms with van der Waals surface area (Å²) in [5.41, 5.74) is -0.460. The van der Waals surface area contributed by atoms with Crippen molar-refractivity contribution >= 4 is 17.5 Å². The third kappa shape index (κ3) is 6.37. The molecule has 2 aromatic rings. The minimum Gasteiger partial charge on any atom is -0.366 e. The number of aromatic nitrogens is 2. The van der Waals surface area contributed by atoms with Crippen LogP contribution in [0.2, 0.25) is 0 Å². The number of halogens is 3. The first-order valence-electron chi connectivity index (χ1n) is 7.97. The second-order valence-electron chi connectivity index (χ2n) is 5.97. The smallest absolute Gasteiger partial charge is 0.366 e. The zero-order valence-corrected chi connectivity index (χ0v) is 14.7. The Morgan fingerprint density at radius 3 is 2.37 bits per heavy atom. The highest BCUT2D eigenvalue weighted by atomic mass is 19.4. The third-order valence-corrected chi connectivity index (χ3v) is 3.48. The van der Waals surface area contributed by atoms with Crippen LogP contribution in [0.4, 0.5) is 30.6 Å². The van der Waals surface area contributed by atoms with Gasteiger partial charge in [-0.25, -0.2) is 4.98 Å². The van der Waals surface area contributed by atoms with E-state index in [0.29, 0.717) is 18.7 Å². The van der Waals surface area contributed by atoms with E-state index in [1.54, 1.807) is 0 Å². The third-order valence-electron chi connectivity index (χ3n) is 3.48. The van der Waals surface area contributed by atoms with Crippen LogP contribution in [-0.4, -0.2) is 47.0 Å². The lowest BCUT2D eigenvalue weighted by Gasteiger charge is -2.14. The van der Waals surface area contributed by atoms with E-state index in [0.717, 1.165) is 6.07 Å². The molecular formula is C16H19F3N6O2. The Hall–Kier alpha value is -2.95. The van der Waals surface area contributed by atoms with Gasteiger partial charge >= 0.3 is 6.18 Å². The summed E-state index contributed by atoms with van der Waals surface area (Å²) in [6.45, 7) is 1.14. The summed E-state index contributed by atoms with van der Waals surface area (Å²) in [5, 5.41) is 16.2. The first-order valence-corrected chi connectivity index (χ1v) is 7.97. The van der Waals surface area contributed by atoms with Gasteiger partial charge in [0.25, 0.3) is 5.69 Å². The molecule has 0 spiro atoms. The van der Waals surface area contributed by atoms with Gasteiger partial charge in [-0.3, -0.25) is 10.1 Å². The van der Waals surface area contributed by atoms with E-state index in [4.69, 9.17) is 0 Å². The summed E-state index contributed by atoms with van der Waals surface area (Å²) >= 11 is 0. The van der Waals surface area contributed by atoms with Gasteiger partial charge < -0.3 is 15.5 Å². The number of rotatable bonds is 8. The standard InChI is InChI=1S/C16H19F3N6O2/c1-24(2)8-7-20-15-22-13(16(17,18)19)9-14(23-15)21-10-11-3-5-12(6-4-11)25(26)27/h3-6,9H,7-8,10H2,1-2H3,(H2,20,21,22,23). The van der Waals surface area contributed by atoms with Gasteiger partial charge in [-0.1, -0.05) is 12.1 Å². The van der Waals surface area contributed by atoms with E-state index in [9.17, 15) is 23.3 Å². The van der Waals surface area contributed by atoms with Crippen LogP contribution < -0.4 is 10.6 Å². The molecular weight excluding hydrogens is 365 g/mol. The normalized spacial score (nSPS) is 11.5. The van der Waals surface area contributed by atoms with Crippen LogP contribution in [0.1, 0.15) is 11.3 Å². The highest BCUT2D eigenvalue weighted by molar-refractivity contribution is 5.44. The zero-order chi connectivity index (χ0) is 20.0. The first-order chi connectivity index (χ1) is 12.6. The van der Waals surface area contributed by atoms with Crippen molar-refractivity contribution in [2.24, 2.45) is 0 Å². The number of hydrogen-bond acceptors (Lipinski definition) is 7. The number of nitrogens with zero attached hydrogens (tertiary/aromatic N) is 4. The fourth-order valence-corrected chi connectivity index (χ4v) is 2.08. The Kier molecular flexibility index (Phi) is 6.50. The zero-order valence-electron chi connectivity index (χ0n) is 14.7. The Morgan fingerprint density at radius 1 is 1.15 bits per heavy atom. The van der Waals surface area contributed by atoms with E-state index < -0.39 is 16.8 Å². The van der Waals surface area contributed by atoms with E-state index in [1.165, 1.54) is 24.3 Å². The maximum atomic E-state index is 13.1. The predicted molar refractivity (Wildman–Crippen MR) is 94.5 cm³/mol. The Bertz CT molecular complexity index is 781. The fourth-order valence-electron chi connectivity index (χ4n) is 2.08. The minimum absolute atomic E-state index is 0.00281. The van der Waals surface area contributed by atoms with Gasteiger partial charge in [0, 0.05) is 37.8 Å². The summed E-state index contributed by atoms with van der Waals surface area (Å²) in [6, 6.07) is 6.52. The molecule has 0 radical (unpaired) electrons. The Labute approximate surface area is 153 Å². The summed E-state index contributed by atoms with van der Waals surface area (Å²) in [4.78, 5) is 19.5. The van der Waals surface area contributed by atoms with Crippen LogP contribution in [0.15, 0.2) is 30.3 Å². The second-order valence-corrected chi connectivity index (χ2v) is 5.97. The van der Waals surface area contributed by atoms with Crippen molar-refractivity contribution in [2.45, 2.75) is 12.7 Å². The highest BCUT2D eigenvalue weighted by Crippen LogP contribution is 2.29. The van der Waals surface area contributed by atoms with Crippen molar-refractivity contribution in [2.75, 3.05) is 37.8 Å². The first kappa shape index (κ1) is 20.4. The number of non-ortho nitro benzene ring substituents is 1. The van der Waals surface area contributed by atoms with Gasteiger partial charge in [0.05, 0.1) is 4.92 Å². The van der Waals surface area contributed by atoms with Crippen molar-refractivity contribution < 1.29 is 18.1 Å². The Morgan fingerprint density at radius 2 is 1.81 bits per heavy atom. The molecule has 2 N–H and O–H groups in total. The van der Waals surface area contributed by atoms with Crippen molar-refractivity contribution in [3.05, 3.63) is 51.7 Å². The molecule has 8 nitrogen and oxygen atoms in total. The molecule has 146 valence electrons. The van der Waals surface area contributed by atoms with Gasteiger partial charge in [0.15, 0.2) is 5.69 Å². The van der Waals surface area contributed by atoms with E-state index >= 15 is 0 Å². The molecule has 0 aliphatic heterocycles. The molecule has 11 heteroatoms. The molecule has 0 unspecified atom stereocenters. The molecule has 1 heterocycles. The average molecular weight is 384 g/mol. The number of nitrogens with one attached hydrogen (secondary N) is 2. The second kappa shape index (κ2) is 8.62. The minimum atomic E-state index is -4.61. The van der Waals surface area contributed by atoms with Crippen molar-refractivity contribution in [1.29, 1.82) is 0 Å². The quantitative estimate of drug-likeness (QED) is 0.533. The van der Waals surface area contributed by atoms with Crippen LogP contribution in [-0.2, 0) is 12.7 Å². The van der Waals surface area contributed by atoms with E-state index in [2.05, 4.69) is 20.6 Å². The highest BCUT2D eigenvalue weighted by Gasteiger charge is 2.33.